The lowest BCUT2D eigenvalue weighted by molar-refractivity contribution is -0.128. The normalized spacial score (nSPS) is 15.5. The average molecular weight is 490 g/mol. The second-order valence-corrected chi connectivity index (χ2v) is 8.89. The number of carbonyl (C=O) groups is 1. The zero-order valence-corrected chi connectivity index (χ0v) is 20.5. The van der Waals surface area contributed by atoms with E-state index in [9.17, 15) is 10.1 Å². The quantitative estimate of drug-likeness (QED) is 0.562. The molecule has 5 rings (SSSR count). The van der Waals surface area contributed by atoms with E-state index in [1.165, 1.54) is 18.4 Å². The van der Waals surface area contributed by atoms with Crippen molar-refractivity contribution in [3.8, 4) is 17.3 Å². The predicted molar refractivity (Wildman–Crippen MR) is 138 cm³/mol. The maximum Gasteiger partial charge on any atom is 0.219 e. The number of halogens is 1. The summed E-state index contributed by atoms with van der Waals surface area (Å²) < 4.78 is 0. The first-order chi connectivity index (χ1) is 16.6. The molecule has 2 aliphatic rings. The van der Waals surface area contributed by atoms with E-state index in [0.29, 0.717) is 23.1 Å². The fourth-order valence-corrected chi connectivity index (χ4v) is 4.35. The highest BCUT2D eigenvalue weighted by Gasteiger charge is 2.25. The van der Waals surface area contributed by atoms with Crippen LogP contribution in [0.25, 0.3) is 11.3 Å². The Balaban J connectivity index is 0.00000289. The van der Waals surface area contributed by atoms with Crippen LogP contribution in [0, 0.1) is 11.3 Å². The van der Waals surface area contributed by atoms with Gasteiger partial charge in [-0.1, -0.05) is 0 Å². The third-order valence-electron chi connectivity index (χ3n) is 6.37. The lowest BCUT2D eigenvalue weighted by Gasteiger charge is -2.23. The fraction of sp³-hybridized carbons (Fsp3) is 0.346. The molecule has 8 nitrogen and oxygen atoms in total. The topological polar surface area (TPSA) is 98.0 Å². The molecule has 0 aromatic carbocycles. The number of rotatable bonds is 5. The van der Waals surface area contributed by atoms with Gasteiger partial charge in [-0.05, 0) is 61.1 Å². The van der Waals surface area contributed by atoms with Crippen molar-refractivity contribution in [2.45, 2.75) is 32.1 Å². The number of nitrogens with zero attached hydrogens (tertiary/aromatic N) is 6. The Morgan fingerprint density at radius 1 is 1.09 bits per heavy atom. The summed E-state index contributed by atoms with van der Waals surface area (Å²) in [5, 5.41) is 12.5. The van der Waals surface area contributed by atoms with E-state index < -0.39 is 0 Å². The first-order valence-corrected chi connectivity index (χ1v) is 11.7. The highest BCUT2D eigenvalue weighted by molar-refractivity contribution is 5.85. The van der Waals surface area contributed by atoms with Gasteiger partial charge in [0.2, 0.25) is 5.91 Å². The van der Waals surface area contributed by atoms with E-state index >= 15 is 0 Å². The van der Waals surface area contributed by atoms with Crippen molar-refractivity contribution in [3.63, 3.8) is 0 Å². The predicted octanol–water partition coefficient (Wildman–Crippen LogP) is 4.51. The first kappa shape index (κ1) is 24.4. The van der Waals surface area contributed by atoms with Crippen molar-refractivity contribution >= 4 is 35.6 Å². The minimum atomic E-state index is 0. The van der Waals surface area contributed by atoms with Crippen molar-refractivity contribution in [1.29, 1.82) is 5.26 Å². The number of aromatic nitrogens is 3. The monoisotopic (exact) mass is 489 g/mol. The molecule has 35 heavy (non-hydrogen) atoms. The molecule has 180 valence electrons. The summed E-state index contributed by atoms with van der Waals surface area (Å²) in [6.07, 6.45) is 8.65. The number of nitrogens with one attached hydrogen (secondary N) is 1. The molecular weight excluding hydrogens is 462 g/mol. The molecule has 0 unspecified atom stereocenters. The Morgan fingerprint density at radius 3 is 2.71 bits per heavy atom. The number of hydrogen-bond acceptors (Lipinski definition) is 7. The molecule has 1 aliphatic carbocycles. The zero-order chi connectivity index (χ0) is 23.5. The molecule has 0 spiro atoms. The van der Waals surface area contributed by atoms with Gasteiger partial charge >= 0.3 is 0 Å². The molecule has 4 heterocycles. The van der Waals surface area contributed by atoms with Crippen molar-refractivity contribution in [2.75, 3.05) is 36.4 Å². The number of carbonyl (C=O) groups excluding carboxylic acids is 1. The van der Waals surface area contributed by atoms with Crippen molar-refractivity contribution in [1.82, 2.24) is 19.9 Å². The molecule has 3 aromatic heterocycles. The summed E-state index contributed by atoms with van der Waals surface area (Å²) in [6, 6.07) is 11.9. The third-order valence-corrected chi connectivity index (χ3v) is 6.37. The highest BCUT2D eigenvalue weighted by Crippen LogP contribution is 2.42. The molecular formula is C26H28ClN7O. The lowest BCUT2D eigenvalue weighted by atomic mass is 10.1. The summed E-state index contributed by atoms with van der Waals surface area (Å²) in [7, 11) is 0. The lowest BCUT2D eigenvalue weighted by Crippen LogP contribution is -2.33. The van der Waals surface area contributed by atoms with Gasteiger partial charge in [0.05, 0.1) is 29.2 Å². The van der Waals surface area contributed by atoms with E-state index in [0.717, 1.165) is 49.5 Å². The largest absolute Gasteiger partial charge is 0.368 e. The van der Waals surface area contributed by atoms with Crippen LogP contribution < -0.4 is 10.2 Å². The molecule has 1 saturated carbocycles. The average Bonchev–Trinajstić information content (AvgIpc) is 3.71. The SMILES string of the molecule is CC(=O)N1CCCN(c2cncc(-c3cc(C4CC4)cc(Nc4cc(C#N)ccn4)n3)c2)CC1.Cl. The Hall–Kier alpha value is -3.70. The molecule has 9 heteroatoms. The van der Waals surface area contributed by atoms with Gasteiger partial charge in [-0.15, -0.1) is 12.4 Å². The Bertz CT molecular complexity index is 1250. The second-order valence-electron chi connectivity index (χ2n) is 8.89. The van der Waals surface area contributed by atoms with Crippen LogP contribution in [-0.2, 0) is 4.79 Å². The van der Waals surface area contributed by atoms with Crippen LogP contribution in [0.15, 0.2) is 48.9 Å². The Labute approximate surface area is 211 Å². The minimum Gasteiger partial charge on any atom is -0.368 e. The molecule has 2 fully saturated rings. The van der Waals surface area contributed by atoms with Crippen LogP contribution >= 0.6 is 12.4 Å². The summed E-state index contributed by atoms with van der Waals surface area (Å²) in [4.78, 5) is 29.7. The van der Waals surface area contributed by atoms with E-state index in [-0.39, 0.29) is 18.3 Å². The standard InChI is InChI=1S/C26H27N7O.ClH/c1-18(34)32-7-2-8-33(10-9-32)23-12-22(16-28-17-23)24-13-21(20-3-4-20)14-26(30-24)31-25-11-19(15-27)5-6-29-25;/h5-6,11-14,16-17,20H,2-4,7-10H2,1H3,(H,29,30,31);1H. The van der Waals surface area contributed by atoms with Gasteiger partial charge in [0.1, 0.15) is 11.6 Å². The summed E-state index contributed by atoms with van der Waals surface area (Å²) in [5.41, 5.74) is 4.65. The number of anilines is 3. The van der Waals surface area contributed by atoms with Gasteiger partial charge in [-0.3, -0.25) is 9.78 Å². The van der Waals surface area contributed by atoms with Crippen LogP contribution in [0.4, 0.5) is 17.3 Å². The molecule has 0 atom stereocenters. The smallest absolute Gasteiger partial charge is 0.219 e. The maximum atomic E-state index is 11.8. The summed E-state index contributed by atoms with van der Waals surface area (Å²) >= 11 is 0. The van der Waals surface area contributed by atoms with Crippen LogP contribution in [0.5, 0.6) is 0 Å². The van der Waals surface area contributed by atoms with Crippen LogP contribution in [0.1, 0.15) is 43.2 Å². The number of pyridine rings is 3. The van der Waals surface area contributed by atoms with Crippen molar-refractivity contribution < 1.29 is 4.79 Å². The van der Waals surface area contributed by atoms with Gasteiger partial charge in [-0.25, -0.2) is 9.97 Å². The van der Waals surface area contributed by atoms with E-state index in [4.69, 9.17) is 4.98 Å². The zero-order valence-electron chi connectivity index (χ0n) is 19.6. The second kappa shape index (κ2) is 10.7. The third kappa shape index (κ3) is 5.87. The Morgan fingerprint density at radius 2 is 1.94 bits per heavy atom. The summed E-state index contributed by atoms with van der Waals surface area (Å²) in [6.45, 7) is 4.82. The van der Waals surface area contributed by atoms with Crippen LogP contribution in [-0.4, -0.2) is 51.9 Å². The minimum absolute atomic E-state index is 0. The van der Waals surface area contributed by atoms with Crippen LogP contribution in [0.2, 0.25) is 0 Å². The molecule has 0 bridgehead atoms. The first-order valence-electron chi connectivity index (χ1n) is 11.7. The van der Waals surface area contributed by atoms with Gasteiger partial charge in [0, 0.05) is 51.1 Å². The molecule has 1 N–H and O–H groups in total. The van der Waals surface area contributed by atoms with Crippen LogP contribution in [0.3, 0.4) is 0 Å². The van der Waals surface area contributed by atoms with Crippen molar-refractivity contribution in [3.05, 3.63) is 60.0 Å². The van der Waals surface area contributed by atoms with Gasteiger partial charge in [-0.2, -0.15) is 5.26 Å². The molecule has 1 saturated heterocycles. The Kier molecular flexibility index (Phi) is 7.47. The number of hydrogen-bond donors (Lipinski definition) is 1. The fourth-order valence-electron chi connectivity index (χ4n) is 4.35. The van der Waals surface area contributed by atoms with Gasteiger partial charge < -0.3 is 15.1 Å². The molecule has 1 amide bonds. The van der Waals surface area contributed by atoms with E-state index in [2.05, 4.69) is 44.5 Å². The van der Waals surface area contributed by atoms with Gasteiger partial charge in [0.25, 0.3) is 0 Å². The molecule has 3 aromatic rings. The maximum absolute atomic E-state index is 11.8. The van der Waals surface area contributed by atoms with Gasteiger partial charge in [0.15, 0.2) is 0 Å². The molecule has 1 aliphatic heterocycles. The number of amides is 1. The van der Waals surface area contributed by atoms with Crippen molar-refractivity contribution in [2.24, 2.45) is 0 Å². The summed E-state index contributed by atoms with van der Waals surface area (Å²) in [5.74, 6) is 1.99. The highest BCUT2D eigenvalue weighted by atomic mass is 35.5. The number of nitriles is 1. The molecule has 0 radical (unpaired) electrons. The van der Waals surface area contributed by atoms with E-state index in [1.807, 2.05) is 17.3 Å². The van der Waals surface area contributed by atoms with E-state index in [1.54, 1.807) is 25.3 Å².